The van der Waals surface area contributed by atoms with Crippen LogP contribution in [-0.4, -0.2) is 54.4 Å². The van der Waals surface area contributed by atoms with Gasteiger partial charge in [-0.25, -0.2) is 4.79 Å². The van der Waals surface area contributed by atoms with Crippen LogP contribution in [0.2, 0.25) is 0 Å². The van der Waals surface area contributed by atoms with Crippen molar-refractivity contribution in [2.45, 2.75) is 18.6 Å². The van der Waals surface area contributed by atoms with Gasteiger partial charge in [-0.15, -0.1) is 0 Å². The summed E-state index contributed by atoms with van der Waals surface area (Å²) < 4.78 is 11.4. The Morgan fingerprint density at radius 1 is 1.30 bits per heavy atom. The quantitative estimate of drug-likeness (QED) is 0.918. The first kappa shape index (κ1) is 14.5. The van der Waals surface area contributed by atoms with E-state index in [2.05, 4.69) is 4.90 Å². The van der Waals surface area contributed by atoms with Gasteiger partial charge in [0.1, 0.15) is 17.9 Å². The van der Waals surface area contributed by atoms with E-state index in [1.165, 1.54) is 0 Å². The summed E-state index contributed by atoms with van der Waals surface area (Å²) in [6.45, 7) is 3.05. The lowest BCUT2D eigenvalue weighted by atomic mass is 10.1. The van der Waals surface area contributed by atoms with Crippen molar-refractivity contribution in [3.8, 4) is 5.75 Å². The first-order valence-corrected chi connectivity index (χ1v) is 7.95. The molecular formula is C18H19NO4. The number of aromatic carboxylic acids is 1. The number of morpholine rings is 1. The summed E-state index contributed by atoms with van der Waals surface area (Å²) in [5, 5.41) is 11.3. The summed E-state index contributed by atoms with van der Waals surface area (Å²) in [4.78, 5) is 13.9. The number of hydrogen-bond acceptors (Lipinski definition) is 4. The Hall–Kier alpha value is -2.11. The van der Waals surface area contributed by atoms with E-state index in [9.17, 15) is 9.90 Å². The van der Waals surface area contributed by atoms with Gasteiger partial charge in [0.15, 0.2) is 0 Å². The number of ether oxygens (including phenoxy) is 2. The highest BCUT2D eigenvalue weighted by molar-refractivity contribution is 5.97. The number of carboxylic acid groups (broad SMARTS) is 1. The highest BCUT2D eigenvalue weighted by Crippen LogP contribution is 2.28. The van der Waals surface area contributed by atoms with E-state index in [0.717, 1.165) is 36.9 Å². The molecule has 2 atom stereocenters. The van der Waals surface area contributed by atoms with Gasteiger partial charge >= 0.3 is 5.97 Å². The van der Waals surface area contributed by atoms with Crippen LogP contribution in [0.15, 0.2) is 36.4 Å². The second kappa shape index (κ2) is 5.83. The SMILES string of the molecule is O=C(O)c1cc2ccccc2cc1OCCN1C[C@@H]2C[C@H]1CO2. The van der Waals surface area contributed by atoms with Crippen molar-refractivity contribution in [3.63, 3.8) is 0 Å². The summed E-state index contributed by atoms with van der Waals surface area (Å²) in [5.41, 5.74) is 0.218. The van der Waals surface area contributed by atoms with Crippen molar-refractivity contribution in [1.29, 1.82) is 0 Å². The monoisotopic (exact) mass is 313 g/mol. The molecule has 2 aromatic rings. The minimum atomic E-state index is -0.959. The molecule has 23 heavy (non-hydrogen) atoms. The van der Waals surface area contributed by atoms with Crippen LogP contribution < -0.4 is 4.74 Å². The molecule has 5 heteroatoms. The van der Waals surface area contributed by atoms with Gasteiger partial charge in [-0.1, -0.05) is 24.3 Å². The lowest BCUT2D eigenvalue weighted by molar-refractivity contribution is 0.0257. The van der Waals surface area contributed by atoms with Crippen molar-refractivity contribution >= 4 is 16.7 Å². The number of rotatable bonds is 5. The van der Waals surface area contributed by atoms with Crippen LogP contribution in [0.4, 0.5) is 0 Å². The first-order chi connectivity index (χ1) is 11.2. The van der Waals surface area contributed by atoms with Crippen molar-refractivity contribution in [1.82, 2.24) is 4.90 Å². The molecule has 5 nitrogen and oxygen atoms in total. The summed E-state index contributed by atoms with van der Waals surface area (Å²) in [7, 11) is 0. The van der Waals surface area contributed by atoms with Crippen molar-refractivity contribution in [2.24, 2.45) is 0 Å². The number of carboxylic acids is 1. The second-order valence-corrected chi connectivity index (χ2v) is 6.19. The number of fused-ring (bicyclic) bond motifs is 3. The molecule has 120 valence electrons. The van der Waals surface area contributed by atoms with Crippen LogP contribution in [0.3, 0.4) is 0 Å². The maximum Gasteiger partial charge on any atom is 0.339 e. The summed E-state index contributed by atoms with van der Waals surface area (Å²) in [5.74, 6) is -0.517. The third-order valence-electron chi connectivity index (χ3n) is 4.73. The van der Waals surface area contributed by atoms with E-state index in [1.54, 1.807) is 6.07 Å². The number of nitrogens with zero attached hydrogens (tertiary/aromatic N) is 1. The molecule has 2 aromatic carbocycles. The van der Waals surface area contributed by atoms with E-state index in [-0.39, 0.29) is 5.56 Å². The molecule has 2 saturated heterocycles. The minimum Gasteiger partial charge on any atom is -0.491 e. The summed E-state index contributed by atoms with van der Waals surface area (Å²) >= 11 is 0. The summed E-state index contributed by atoms with van der Waals surface area (Å²) in [6.07, 6.45) is 1.48. The van der Waals surface area contributed by atoms with Gasteiger partial charge in [0, 0.05) is 19.1 Å². The molecule has 0 spiro atoms. The van der Waals surface area contributed by atoms with Crippen LogP contribution in [0, 0.1) is 0 Å². The predicted molar refractivity (Wildman–Crippen MR) is 86.1 cm³/mol. The smallest absolute Gasteiger partial charge is 0.339 e. The van der Waals surface area contributed by atoms with Crippen LogP contribution in [0.5, 0.6) is 5.75 Å². The van der Waals surface area contributed by atoms with E-state index in [0.29, 0.717) is 24.5 Å². The Morgan fingerprint density at radius 3 is 2.74 bits per heavy atom. The van der Waals surface area contributed by atoms with Gasteiger partial charge in [-0.3, -0.25) is 4.90 Å². The Labute approximate surface area is 134 Å². The van der Waals surface area contributed by atoms with Gasteiger partial charge in [-0.2, -0.15) is 0 Å². The third kappa shape index (κ3) is 2.78. The van der Waals surface area contributed by atoms with Crippen LogP contribution in [0.1, 0.15) is 16.8 Å². The van der Waals surface area contributed by atoms with Crippen LogP contribution in [-0.2, 0) is 4.74 Å². The molecule has 0 unspecified atom stereocenters. The molecule has 0 saturated carbocycles. The normalized spacial score (nSPS) is 23.5. The molecule has 2 fully saturated rings. The zero-order valence-electron chi connectivity index (χ0n) is 12.8. The zero-order valence-corrected chi connectivity index (χ0v) is 12.8. The Bertz CT molecular complexity index is 745. The van der Waals surface area contributed by atoms with Gasteiger partial charge in [0.05, 0.1) is 12.7 Å². The molecule has 2 heterocycles. The van der Waals surface area contributed by atoms with Crippen molar-refractivity contribution in [2.75, 3.05) is 26.3 Å². The number of benzene rings is 2. The highest BCUT2D eigenvalue weighted by Gasteiger charge is 2.38. The van der Waals surface area contributed by atoms with E-state index >= 15 is 0 Å². The van der Waals surface area contributed by atoms with Crippen molar-refractivity contribution in [3.05, 3.63) is 42.0 Å². The zero-order chi connectivity index (χ0) is 15.8. The average molecular weight is 313 g/mol. The standard InChI is InChI=1S/C18H19NO4/c20-18(21)16-7-12-3-1-2-4-13(12)8-17(16)22-6-5-19-10-15-9-14(19)11-23-15/h1-4,7-8,14-15H,5-6,9-11H2,(H,20,21)/t14-,15-/m0/s1. The fourth-order valence-corrected chi connectivity index (χ4v) is 3.53. The van der Waals surface area contributed by atoms with E-state index in [1.807, 2.05) is 30.3 Å². The molecule has 2 bridgehead atoms. The van der Waals surface area contributed by atoms with Gasteiger partial charge in [0.2, 0.25) is 0 Å². The van der Waals surface area contributed by atoms with Crippen LogP contribution in [0.25, 0.3) is 10.8 Å². The van der Waals surface area contributed by atoms with E-state index < -0.39 is 5.97 Å². The maximum absolute atomic E-state index is 11.5. The maximum atomic E-state index is 11.5. The largest absolute Gasteiger partial charge is 0.491 e. The topological polar surface area (TPSA) is 59.0 Å². The number of hydrogen-bond donors (Lipinski definition) is 1. The third-order valence-corrected chi connectivity index (χ3v) is 4.73. The molecule has 4 rings (SSSR count). The molecule has 0 aromatic heterocycles. The fraction of sp³-hybridized carbons (Fsp3) is 0.389. The molecule has 0 aliphatic carbocycles. The lowest BCUT2D eigenvalue weighted by Gasteiger charge is -2.26. The van der Waals surface area contributed by atoms with Gasteiger partial charge < -0.3 is 14.6 Å². The molecular weight excluding hydrogens is 294 g/mol. The van der Waals surface area contributed by atoms with Gasteiger partial charge in [0.25, 0.3) is 0 Å². The first-order valence-electron chi connectivity index (χ1n) is 7.95. The highest BCUT2D eigenvalue weighted by atomic mass is 16.5. The Balaban J connectivity index is 1.49. The van der Waals surface area contributed by atoms with Crippen LogP contribution >= 0.6 is 0 Å². The molecule has 1 N–H and O–H groups in total. The minimum absolute atomic E-state index is 0.218. The molecule has 2 aliphatic rings. The summed E-state index contributed by atoms with van der Waals surface area (Å²) in [6, 6.07) is 11.7. The molecule has 0 amide bonds. The number of likely N-dealkylation sites (tertiary alicyclic amines) is 1. The molecule has 2 aliphatic heterocycles. The predicted octanol–water partition coefficient (Wildman–Crippen LogP) is 2.39. The lowest BCUT2D eigenvalue weighted by Crippen LogP contribution is -2.39. The number of carbonyl (C=O) groups is 1. The molecule has 0 radical (unpaired) electrons. The Kier molecular flexibility index (Phi) is 3.67. The van der Waals surface area contributed by atoms with E-state index in [4.69, 9.17) is 9.47 Å². The van der Waals surface area contributed by atoms with Gasteiger partial charge in [-0.05, 0) is 29.3 Å². The van der Waals surface area contributed by atoms with Crippen molar-refractivity contribution < 1.29 is 19.4 Å². The Morgan fingerprint density at radius 2 is 2.09 bits per heavy atom. The fourth-order valence-electron chi connectivity index (χ4n) is 3.53. The average Bonchev–Trinajstić information content (AvgIpc) is 3.17. The second-order valence-electron chi connectivity index (χ2n) is 6.19.